The second kappa shape index (κ2) is 14.7. The lowest BCUT2D eigenvalue weighted by Gasteiger charge is -2.05. The number of nitrogens with zero attached hydrogens (tertiary/aromatic N) is 1. The molecule has 134 valence electrons. The molecule has 0 amide bonds. The van der Waals surface area contributed by atoms with Crippen molar-refractivity contribution in [1.29, 1.82) is 0 Å². The molecule has 0 saturated heterocycles. The number of aliphatic hydroxyl groups excluding tert-OH is 1. The van der Waals surface area contributed by atoms with Crippen LogP contribution in [0.15, 0.2) is 17.1 Å². The van der Waals surface area contributed by atoms with Crippen molar-refractivity contribution < 1.29 is 9.84 Å². The summed E-state index contributed by atoms with van der Waals surface area (Å²) in [6.45, 7) is 3.86. The summed E-state index contributed by atoms with van der Waals surface area (Å²) in [5.74, 6) is 0.975. The fourth-order valence-electron chi connectivity index (χ4n) is 2.91. The Morgan fingerprint density at radius 2 is 1.78 bits per heavy atom. The molecule has 1 aliphatic rings. The Bertz CT molecular complexity index is 326. The predicted molar refractivity (Wildman–Crippen MR) is 99.1 cm³/mol. The molecule has 1 aliphatic heterocycles. The van der Waals surface area contributed by atoms with Gasteiger partial charge in [-0.25, -0.2) is 0 Å². The predicted octanol–water partition coefficient (Wildman–Crippen LogP) is 5.42. The molecule has 0 aromatic carbocycles. The third-order valence-corrected chi connectivity index (χ3v) is 4.37. The minimum absolute atomic E-state index is 0.229. The topological polar surface area (TPSA) is 41.8 Å². The van der Waals surface area contributed by atoms with Gasteiger partial charge >= 0.3 is 0 Å². The van der Waals surface area contributed by atoms with Crippen molar-refractivity contribution >= 4 is 5.90 Å². The van der Waals surface area contributed by atoms with Gasteiger partial charge in [-0.1, -0.05) is 70.4 Å². The van der Waals surface area contributed by atoms with Gasteiger partial charge < -0.3 is 9.84 Å². The molecular weight excluding hydrogens is 286 g/mol. The quantitative estimate of drug-likeness (QED) is 0.323. The maximum atomic E-state index is 9.83. The molecule has 0 spiro atoms. The standard InChI is InChI=1S/C20H37NO2/c1-2-3-4-11-14-19(22)15-12-9-7-5-6-8-10-13-16-20-21-17-18-23-20/h12,15,19,22H,2-11,13-14,16-18H2,1H3. The molecule has 0 bridgehead atoms. The van der Waals surface area contributed by atoms with E-state index in [1.165, 1.54) is 57.8 Å². The normalized spacial score (nSPS) is 15.8. The molecule has 3 heteroatoms. The van der Waals surface area contributed by atoms with E-state index in [4.69, 9.17) is 4.74 Å². The number of ether oxygens (including phenoxy) is 1. The van der Waals surface area contributed by atoms with Crippen LogP contribution in [0.4, 0.5) is 0 Å². The molecule has 0 aliphatic carbocycles. The molecule has 1 heterocycles. The Labute approximate surface area is 143 Å². The lowest BCUT2D eigenvalue weighted by atomic mass is 10.1. The molecule has 0 saturated carbocycles. The minimum Gasteiger partial charge on any atom is -0.479 e. The summed E-state index contributed by atoms with van der Waals surface area (Å²) in [6.07, 6.45) is 19.6. The summed E-state index contributed by atoms with van der Waals surface area (Å²) in [5, 5.41) is 9.83. The number of hydrogen-bond donors (Lipinski definition) is 1. The van der Waals surface area contributed by atoms with E-state index in [2.05, 4.69) is 18.0 Å². The van der Waals surface area contributed by atoms with Crippen LogP contribution in [0.1, 0.15) is 90.4 Å². The van der Waals surface area contributed by atoms with Gasteiger partial charge in [-0.2, -0.15) is 0 Å². The molecule has 3 nitrogen and oxygen atoms in total. The lowest BCUT2D eigenvalue weighted by Crippen LogP contribution is -2.01. The van der Waals surface area contributed by atoms with Crippen LogP contribution in [0.3, 0.4) is 0 Å². The molecule has 1 unspecified atom stereocenters. The van der Waals surface area contributed by atoms with Crippen LogP contribution in [-0.2, 0) is 4.74 Å². The average Bonchev–Trinajstić information content (AvgIpc) is 3.06. The summed E-state index contributed by atoms with van der Waals surface area (Å²) in [4.78, 5) is 4.31. The van der Waals surface area contributed by atoms with Gasteiger partial charge in [0.15, 0.2) is 5.90 Å². The zero-order valence-electron chi connectivity index (χ0n) is 15.1. The molecule has 0 aromatic rings. The number of rotatable bonds is 15. The van der Waals surface area contributed by atoms with Gasteiger partial charge in [0, 0.05) is 6.42 Å². The van der Waals surface area contributed by atoms with Crippen molar-refractivity contribution in [2.75, 3.05) is 13.2 Å². The largest absolute Gasteiger partial charge is 0.479 e. The maximum Gasteiger partial charge on any atom is 0.183 e. The van der Waals surface area contributed by atoms with E-state index in [-0.39, 0.29) is 6.10 Å². The zero-order valence-corrected chi connectivity index (χ0v) is 15.1. The third kappa shape index (κ3) is 12.3. The van der Waals surface area contributed by atoms with Gasteiger partial charge in [-0.05, 0) is 25.7 Å². The minimum atomic E-state index is -0.229. The van der Waals surface area contributed by atoms with Crippen molar-refractivity contribution in [1.82, 2.24) is 0 Å². The smallest absolute Gasteiger partial charge is 0.183 e. The molecule has 0 aromatic heterocycles. The van der Waals surface area contributed by atoms with Crippen molar-refractivity contribution in [2.45, 2.75) is 96.5 Å². The summed E-state index contributed by atoms with van der Waals surface area (Å²) in [6, 6.07) is 0. The van der Waals surface area contributed by atoms with Crippen LogP contribution in [0.5, 0.6) is 0 Å². The van der Waals surface area contributed by atoms with Crippen LogP contribution < -0.4 is 0 Å². The van der Waals surface area contributed by atoms with Crippen LogP contribution in [0, 0.1) is 0 Å². The summed E-state index contributed by atoms with van der Waals surface area (Å²) in [5.41, 5.74) is 0. The summed E-state index contributed by atoms with van der Waals surface area (Å²) >= 11 is 0. The first kappa shape index (κ1) is 20.2. The monoisotopic (exact) mass is 323 g/mol. The number of allylic oxidation sites excluding steroid dienone is 1. The molecule has 23 heavy (non-hydrogen) atoms. The van der Waals surface area contributed by atoms with Crippen LogP contribution in [0.25, 0.3) is 0 Å². The highest BCUT2D eigenvalue weighted by Gasteiger charge is 2.05. The molecule has 1 rings (SSSR count). The van der Waals surface area contributed by atoms with Gasteiger partial charge in [0.2, 0.25) is 0 Å². The molecule has 1 N–H and O–H groups in total. The van der Waals surface area contributed by atoms with E-state index in [9.17, 15) is 5.11 Å². The molecule has 1 atom stereocenters. The Hall–Kier alpha value is -0.830. The summed E-state index contributed by atoms with van der Waals surface area (Å²) < 4.78 is 5.40. The number of aliphatic hydroxyl groups is 1. The van der Waals surface area contributed by atoms with Crippen molar-refractivity contribution in [3.63, 3.8) is 0 Å². The van der Waals surface area contributed by atoms with Crippen molar-refractivity contribution in [2.24, 2.45) is 4.99 Å². The second-order valence-corrected chi connectivity index (χ2v) is 6.63. The molecule has 0 radical (unpaired) electrons. The highest BCUT2D eigenvalue weighted by molar-refractivity contribution is 5.77. The van der Waals surface area contributed by atoms with Gasteiger partial charge in [-0.15, -0.1) is 0 Å². The second-order valence-electron chi connectivity index (χ2n) is 6.63. The fraction of sp³-hybridized carbons (Fsp3) is 0.850. The summed E-state index contributed by atoms with van der Waals surface area (Å²) in [7, 11) is 0. The highest BCUT2D eigenvalue weighted by Crippen LogP contribution is 2.11. The van der Waals surface area contributed by atoms with Gasteiger partial charge in [-0.3, -0.25) is 4.99 Å². The Morgan fingerprint density at radius 3 is 2.52 bits per heavy atom. The van der Waals surface area contributed by atoms with E-state index in [0.29, 0.717) is 0 Å². The van der Waals surface area contributed by atoms with E-state index in [1.807, 2.05) is 6.08 Å². The Balaban J connectivity index is 1.80. The van der Waals surface area contributed by atoms with Crippen LogP contribution in [0.2, 0.25) is 0 Å². The van der Waals surface area contributed by atoms with E-state index in [1.54, 1.807) is 0 Å². The number of unbranched alkanes of at least 4 members (excludes halogenated alkanes) is 9. The first-order valence-electron chi connectivity index (χ1n) is 9.83. The average molecular weight is 324 g/mol. The first-order chi connectivity index (χ1) is 11.3. The van der Waals surface area contributed by atoms with Crippen molar-refractivity contribution in [3.8, 4) is 0 Å². The zero-order chi connectivity index (χ0) is 16.6. The van der Waals surface area contributed by atoms with Crippen LogP contribution in [-0.4, -0.2) is 30.3 Å². The Kier molecular flexibility index (Phi) is 13.0. The highest BCUT2D eigenvalue weighted by atomic mass is 16.5. The van der Waals surface area contributed by atoms with Gasteiger partial charge in [0.05, 0.1) is 12.6 Å². The van der Waals surface area contributed by atoms with E-state index < -0.39 is 0 Å². The molecular formula is C20H37NO2. The number of hydrogen-bond acceptors (Lipinski definition) is 3. The van der Waals surface area contributed by atoms with Gasteiger partial charge in [0.25, 0.3) is 0 Å². The third-order valence-electron chi connectivity index (χ3n) is 4.37. The van der Waals surface area contributed by atoms with Gasteiger partial charge in [0.1, 0.15) is 6.61 Å². The first-order valence-corrected chi connectivity index (χ1v) is 9.83. The fourth-order valence-corrected chi connectivity index (χ4v) is 2.91. The maximum absolute atomic E-state index is 9.83. The van der Waals surface area contributed by atoms with Crippen LogP contribution >= 0.6 is 0 Å². The molecule has 0 fully saturated rings. The lowest BCUT2D eigenvalue weighted by molar-refractivity contribution is 0.207. The van der Waals surface area contributed by atoms with E-state index in [0.717, 1.165) is 44.7 Å². The number of aliphatic imine (C=N–C) groups is 1. The Morgan fingerprint density at radius 1 is 1.04 bits per heavy atom. The van der Waals surface area contributed by atoms with E-state index >= 15 is 0 Å². The van der Waals surface area contributed by atoms with Crippen molar-refractivity contribution in [3.05, 3.63) is 12.2 Å². The SMILES string of the molecule is CCCCCCC(O)C=CCCCCCCCCC1=NCCO1.